The lowest BCUT2D eigenvalue weighted by Gasteiger charge is -2.24. The third kappa shape index (κ3) is 3.95. The van der Waals surface area contributed by atoms with Crippen molar-refractivity contribution in [2.75, 3.05) is 14.2 Å². The van der Waals surface area contributed by atoms with Crippen LogP contribution in [0.5, 0.6) is 11.5 Å². The van der Waals surface area contributed by atoms with Gasteiger partial charge in [0.1, 0.15) is 17.6 Å². The first-order chi connectivity index (χ1) is 12.4. The predicted octanol–water partition coefficient (Wildman–Crippen LogP) is 3.82. The minimum atomic E-state index is -0.581. The average molecular weight is 360 g/mol. The molecule has 2 rings (SSSR count). The third-order valence-electron chi connectivity index (χ3n) is 4.30. The molecule has 1 aromatic rings. The molecule has 0 saturated heterocycles. The Bertz CT molecular complexity index is 747. The van der Waals surface area contributed by atoms with Crippen molar-refractivity contribution in [3.05, 3.63) is 34.9 Å². The number of fused-ring (bicyclic) bond motifs is 1. The molecule has 6 nitrogen and oxygen atoms in total. The minimum absolute atomic E-state index is 0.155. The molecule has 0 radical (unpaired) electrons. The number of carbonyl (C=O) groups is 3. The van der Waals surface area contributed by atoms with Crippen LogP contribution in [0.4, 0.5) is 0 Å². The maximum Gasteiger partial charge on any atom is 0.303 e. The minimum Gasteiger partial charge on any atom is -0.496 e. The van der Waals surface area contributed by atoms with Crippen molar-refractivity contribution >= 4 is 17.5 Å². The van der Waals surface area contributed by atoms with Crippen molar-refractivity contribution in [3.63, 3.8) is 0 Å². The van der Waals surface area contributed by atoms with Crippen molar-refractivity contribution in [1.29, 1.82) is 0 Å². The van der Waals surface area contributed by atoms with Gasteiger partial charge < -0.3 is 14.2 Å². The van der Waals surface area contributed by atoms with Crippen LogP contribution in [0.1, 0.15) is 71.9 Å². The van der Waals surface area contributed by atoms with Gasteiger partial charge in [0, 0.05) is 12.5 Å². The first-order valence-corrected chi connectivity index (χ1v) is 8.67. The maximum atomic E-state index is 12.5. The van der Waals surface area contributed by atoms with E-state index in [4.69, 9.17) is 14.2 Å². The molecular formula is C20H24O6. The SMILES string of the molecule is CCCCCC(OC(C)=O)c1cc(OC)c2c(c1OC)C(=O)C=CC2=O. The normalized spacial score (nSPS) is 14.0. The second-order valence-electron chi connectivity index (χ2n) is 6.11. The number of unbranched alkanes of at least 4 members (excludes halogenated alkanes) is 2. The molecule has 0 saturated carbocycles. The van der Waals surface area contributed by atoms with Crippen LogP contribution in [0.15, 0.2) is 18.2 Å². The summed E-state index contributed by atoms with van der Waals surface area (Å²) in [5.74, 6) is -0.562. The lowest BCUT2D eigenvalue weighted by atomic mass is 9.88. The Balaban J connectivity index is 2.63. The molecule has 26 heavy (non-hydrogen) atoms. The molecule has 0 bridgehead atoms. The predicted molar refractivity (Wildman–Crippen MR) is 96.0 cm³/mol. The zero-order valence-electron chi connectivity index (χ0n) is 15.6. The van der Waals surface area contributed by atoms with Gasteiger partial charge in [0.2, 0.25) is 0 Å². The average Bonchev–Trinajstić information content (AvgIpc) is 2.62. The zero-order valence-corrected chi connectivity index (χ0v) is 15.6. The number of ether oxygens (including phenoxy) is 3. The highest BCUT2D eigenvalue weighted by Gasteiger charge is 2.32. The van der Waals surface area contributed by atoms with Gasteiger partial charge in [-0.3, -0.25) is 14.4 Å². The Morgan fingerprint density at radius 2 is 1.69 bits per heavy atom. The number of ketones is 2. The van der Waals surface area contributed by atoms with E-state index in [-0.39, 0.29) is 34.2 Å². The van der Waals surface area contributed by atoms with Crippen molar-refractivity contribution < 1.29 is 28.6 Å². The molecule has 1 aliphatic rings. The van der Waals surface area contributed by atoms with Crippen LogP contribution in [0.3, 0.4) is 0 Å². The molecule has 140 valence electrons. The van der Waals surface area contributed by atoms with E-state index in [0.29, 0.717) is 12.0 Å². The van der Waals surface area contributed by atoms with Gasteiger partial charge in [-0.2, -0.15) is 0 Å². The van der Waals surface area contributed by atoms with Gasteiger partial charge >= 0.3 is 5.97 Å². The molecule has 0 N–H and O–H groups in total. The first-order valence-electron chi connectivity index (χ1n) is 8.67. The Morgan fingerprint density at radius 3 is 2.23 bits per heavy atom. The molecule has 1 aromatic carbocycles. The van der Waals surface area contributed by atoms with E-state index in [0.717, 1.165) is 19.3 Å². The number of carbonyl (C=O) groups excluding carboxylic acids is 3. The zero-order chi connectivity index (χ0) is 19.3. The molecule has 0 amide bonds. The first kappa shape index (κ1) is 19.7. The van der Waals surface area contributed by atoms with E-state index < -0.39 is 12.1 Å². The van der Waals surface area contributed by atoms with Gasteiger partial charge in [-0.1, -0.05) is 19.8 Å². The topological polar surface area (TPSA) is 78.9 Å². The lowest BCUT2D eigenvalue weighted by Crippen LogP contribution is -2.18. The van der Waals surface area contributed by atoms with E-state index >= 15 is 0 Å². The van der Waals surface area contributed by atoms with Gasteiger partial charge in [-0.05, 0) is 31.1 Å². The van der Waals surface area contributed by atoms with Crippen LogP contribution in [0, 0.1) is 0 Å². The van der Waals surface area contributed by atoms with Gasteiger partial charge in [-0.15, -0.1) is 0 Å². The fourth-order valence-electron chi connectivity index (χ4n) is 3.14. The Morgan fingerprint density at radius 1 is 1.04 bits per heavy atom. The molecule has 0 aliphatic heterocycles. The standard InChI is InChI=1S/C20H24O6/c1-5-6-7-8-16(26-12(2)21)13-11-17(24-3)18-14(22)9-10-15(23)19(18)20(13)25-4/h9-11,16H,5-8H2,1-4H3. The summed E-state index contributed by atoms with van der Waals surface area (Å²) >= 11 is 0. The summed E-state index contributed by atoms with van der Waals surface area (Å²) in [6, 6.07) is 1.63. The summed E-state index contributed by atoms with van der Waals surface area (Å²) < 4.78 is 16.3. The third-order valence-corrected chi connectivity index (χ3v) is 4.30. The van der Waals surface area contributed by atoms with Crippen LogP contribution < -0.4 is 9.47 Å². The van der Waals surface area contributed by atoms with Crippen molar-refractivity contribution in [1.82, 2.24) is 0 Å². The molecule has 0 aromatic heterocycles. The van der Waals surface area contributed by atoms with Crippen LogP contribution in [0.25, 0.3) is 0 Å². The maximum absolute atomic E-state index is 12.5. The smallest absolute Gasteiger partial charge is 0.303 e. The summed E-state index contributed by atoms with van der Waals surface area (Å²) in [5, 5.41) is 0. The highest BCUT2D eigenvalue weighted by Crippen LogP contribution is 2.42. The summed E-state index contributed by atoms with van der Waals surface area (Å²) in [6.07, 6.45) is 5.30. The van der Waals surface area contributed by atoms with E-state index in [1.807, 2.05) is 0 Å². The van der Waals surface area contributed by atoms with Crippen molar-refractivity contribution in [2.24, 2.45) is 0 Å². The van der Waals surface area contributed by atoms with Gasteiger partial charge in [0.05, 0.1) is 25.3 Å². The second kappa shape index (κ2) is 8.65. The molecule has 0 heterocycles. The lowest BCUT2D eigenvalue weighted by molar-refractivity contribution is -0.147. The van der Waals surface area contributed by atoms with Crippen LogP contribution >= 0.6 is 0 Å². The van der Waals surface area contributed by atoms with E-state index in [1.165, 1.54) is 33.3 Å². The quantitative estimate of drug-likeness (QED) is 0.518. The fraction of sp³-hybridized carbons (Fsp3) is 0.450. The summed E-state index contributed by atoms with van der Waals surface area (Å²) in [7, 11) is 2.86. The number of esters is 1. The summed E-state index contributed by atoms with van der Waals surface area (Å²) in [4.78, 5) is 36.3. The summed E-state index contributed by atoms with van der Waals surface area (Å²) in [6.45, 7) is 3.42. The molecule has 1 unspecified atom stereocenters. The molecule has 0 fully saturated rings. The monoisotopic (exact) mass is 360 g/mol. The second-order valence-corrected chi connectivity index (χ2v) is 6.11. The number of benzene rings is 1. The van der Waals surface area contributed by atoms with E-state index in [2.05, 4.69) is 6.92 Å². The van der Waals surface area contributed by atoms with Gasteiger partial charge in [0.15, 0.2) is 11.6 Å². The van der Waals surface area contributed by atoms with E-state index in [9.17, 15) is 14.4 Å². The Labute approximate surface area is 153 Å². The molecule has 1 atom stereocenters. The number of hydrogen-bond donors (Lipinski definition) is 0. The molecule has 0 spiro atoms. The number of methoxy groups -OCH3 is 2. The number of rotatable bonds is 8. The molecular weight excluding hydrogens is 336 g/mol. The fourth-order valence-corrected chi connectivity index (χ4v) is 3.14. The summed E-state index contributed by atoms with van der Waals surface area (Å²) in [5.41, 5.74) is 0.864. The highest BCUT2D eigenvalue weighted by atomic mass is 16.5. The van der Waals surface area contributed by atoms with Crippen LogP contribution in [0.2, 0.25) is 0 Å². The van der Waals surface area contributed by atoms with Gasteiger partial charge in [-0.25, -0.2) is 0 Å². The van der Waals surface area contributed by atoms with E-state index in [1.54, 1.807) is 6.07 Å². The molecule has 1 aliphatic carbocycles. The number of hydrogen-bond acceptors (Lipinski definition) is 6. The van der Waals surface area contributed by atoms with Crippen LogP contribution in [-0.2, 0) is 9.53 Å². The van der Waals surface area contributed by atoms with Crippen molar-refractivity contribution in [3.8, 4) is 11.5 Å². The van der Waals surface area contributed by atoms with Crippen LogP contribution in [-0.4, -0.2) is 31.8 Å². The Kier molecular flexibility index (Phi) is 6.55. The molecule has 6 heteroatoms. The highest BCUT2D eigenvalue weighted by molar-refractivity contribution is 6.24. The largest absolute Gasteiger partial charge is 0.496 e. The number of allylic oxidation sites excluding steroid dienone is 2. The van der Waals surface area contributed by atoms with Crippen molar-refractivity contribution in [2.45, 2.75) is 45.6 Å². The Hall–Kier alpha value is -2.63. The van der Waals surface area contributed by atoms with Gasteiger partial charge in [0.25, 0.3) is 0 Å².